The Labute approximate surface area is 115 Å². The molecule has 1 aliphatic rings. The first-order valence-corrected chi connectivity index (χ1v) is 7.95. The van der Waals surface area contributed by atoms with Crippen molar-refractivity contribution in [3.05, 3.63) is 0 Å². The molecule has 0 aliphatic heterocycles. The summed E-state index contributed by atoms with van der Waals surface area (Å²) in [5, 5.41) is -0.430. The number of amides is 1. The average molecular weight is 299 g/mol. The smallest absolute Gasteiger partial charge is 0.239 e. The molecule has 2 N–H and O–H groups in total. The van der Waals surface area contributed by atoms with Gasteiger partial charge in [0.25, 0.3) is 0 Å². The maximum Gasteiger partial charge on any atom is 0.239 e. The molecule has 7 heteroatoms. The van der Waals surface area contributed by atoms with Gasteiger partial charge in [0.05, 0.1) is 11.3 Å². The SMILES string of the molecule is CC[C@H](N)C(=O)N(C)C1CCCC1S(C)(=O)=O.Cl. The summed E-state index contributed by atoms with van der Waals surface area (Å²) in [6, 6.07) is -0.740. The van der Waals surface area contributed by atoms with Crippen LogP contribution >= 0.6 is 12.4 Å². The van der Waals surface area contributed by atoms with E-state index in [9.17, 15) is 13.2 Å². The number of likely N-dealkylation sites (N-methyl/N-ethyl adjacent to an activating group) is 1. The van der Waals surface area contributed by atoms with Gasteiger partial charge >= 0.3 is 0 Å². The summed E-state index contributed by atoms with van der Waals surface area (Å²) >= 11 is 0. The molecule has 18 heavy (non-hydrogen) atoms. The maximum atomic E-state index is 11.9. The van der Waals surface area contributed by atoms with Crippen LogP contribution in [0.5, 0.6) is 0 Å². The largest absolute Gasteiger partial charge is 0.340 e. The molecule has 1 amide bonds. The van der Waals surface area contributed by atoms with Gasteiger partial charge in [0.15, 0.2) is 9.84 Å². The topological polar surface area (TPSA) is 80.5 Å². The Hall–Kier alpha value is -0.330. The Kier molecular flexibility index (Phi) is 6.60. The van der Waals surface area contributed by atoms with E-state index in [1.807, 2.05) is 6.92 Å². The van der Waals surface area contributed by atoms with Gasteiger partial charge in [0, 0.05) is 19.3 Å². The lowest BCUT2D eigenvalue weighted by atomic mass is 10.1. The fourth-order valence-corrected chi connectivity index (χ4v) is 3.93. The van der Waals surface area contributed by atoms with E-state index in [1.165, 1.54) is 11.2 Å². The van der Waals surface area contributed by atoms with Crippen LogP contribution < -0.4 is 5.73 Å². The van der Waals surface area contributed by atoms with Crippen LogP contribution in [-0.2, 0) is 14.6 Å². The van der Waals surface area contributed by atoms with Crippen LogP contribution in [0, 0.1) is 0 Å². The number of carbonyl (C=O) groups is 1. The summed E-state index contributed by atoms with van der Waals surface area (Å²) in [6.07, 6.45) is 4.05. The third-order valence-electron chi connectivity index (χ3n) is 3.57. The highest BCUT2D eigenvalue weighted by atomic mass is 35.5. The van der Waals surface area contributed by atoms with Gasteiger partial charge in [-0.3, -0.25) is 4.79 Å². The highest BCUT2D eigenvalue weighted by molar-refractivity contribution is 7.91. The molecule has 0 saturated heterocycles. The second kappa shape index (κ2) is 6.73. The van der Waals surface area contributed by atoms with E-state index in [0.29, 0.717) is 12.8 Å². The molecule has 0 spiro atoms. The molecular formula is C11H23ClN2O3S. The second-order valence-electron chi connectivity index (χ2n) is 4.83. The van der Waals surface area contributed by atoms with E-state index in [0.717, 1.165) is 12.8 Å². The summed E-state index contributed by atoms with van der Waals surface area (Å²) < 4.78 is 23.3. The Morgan fingerprint density at radius 1 is 1.44 bits per heavy atom. The lowest BCUT2D eigenvalue weighted by molar-refractivity contribution is -0.133. The van der Waals surface area contributed by atoms with Crippen LogP contribution in [0.1, 0.15) is 32.6 Å². The van der Waals surface area contributed by atoms with Crippen LogP contribution in [-0.4, -0.2) is 49.9 Å². The first-order valence-electron chi connectivity index (χ1n) is 6.00. The van der Waals surface area contributed by atoms with Crippen molar-refractivity contribution in [2.75, 3.05) is 13.3 Å². The second-order valence-corrected chi connectivity index (χ2v) is 7.09. The molecule has 1 rings (SSSR count). The molecule has 1 aliphatic carbocycles. The van der Waals surface area contributed by atoms with Gasteiger partial charge in [-0.05, 0) is 25.7 Å². The molecule has 0 aromatic carbocycles. The van der Waals surface area contributed by atoms with E-state index >= 15 is 0 Å². The quantitative estimate of drug-likeness (QED) is 0.823. The summed E-state index contributed by atoms with van der Waals surface area (Å²) in [4.78, 5) is 13.5. The number of carbonyl (C=O) groups excluding carboxylic acids is 1. The third-order valence-corrected chi connectivity index (χ3v) is 5.22. The molecule has 1 saturated carbocycles. The minimum Gasteiger partial charge on any atom is -0.340 e. The highest BCUT2D eigenvalue weighted by Crippen LogP contribution is 2.28. The average Bonchev–Trinajstić information content (AvgIpc) is 2.74. The number of hydrogen-bond acceptors (Lipinski definition) is 4. The van der Waals surface area contributed by atoms with Gasteiger partial charge < -0.3 is 10.6 Å². The van der Waals surface area contributed by atoms with Gasteiger partial charge in [-0.15, -0.1) is 12.4 Å². The minimum atomic E-state index is -3.10. The monoisotopic (exact) mass is 298 g/mol. The zero-order valence-corrected chi connectivity index (χ0v) is 12.8. The number of nitrogens with zero attached hydrogens (tertiary/aromatic N) is 1. The Bertz CT molecular complexity index is 386. The molecule has 0 heterocycles. The van der Waals surface area contributed by atoms with Gasteiger partial charge in [-0.25, -0.2) is 8.42 Å². The van der Waals surface area contributed by atoms with Crippen molar-refractivity contribution < 1.29 is 13.2 Å². The molecule has 5 nitrogen and oxygen atoms in total. The first kappa shape index (κ1) is 17.7. The summed E-state index contributed by atoms with van der Waals surface area (Å²) in [5.74, 6) is -0.159. The van der Waals surface area contributed by atoms with Crippen molar-refractivity contribution in [3.63, 3.8) is 0 Å². The number of nitrogens with two attached hydrogens (primary N) is 1. The maximum absolute atomic E-state index is 11.9. The fraction of sp³-hybridized carbons (Fsp3) is 0.909. The molecule has 1 fully saturated rings. The van der Waals surface area contributed by atoms with Gasteiger partial charge in [0.1, 0.15) is 0 Å². The molecule has 0 radical (unpaired) electrons. The first-order chi connectivity index (χ1) is 7.79. The van der Waals surface area contributed by atoms with Crippen LogP contribution in [0.25, 0.3) is 0 Å². The summed E-state index contributed by atoms with van der Waals surface area (Å²) in [7, 11) is -1.44. The number of rotatable bonds is 4. The van der Waals surface area contributed by atoms with Gasteiger partial charge in [-0.1, -0.05) is 6.92 Å². The van der Waals surface area contributed by atoms with Crippen molar-refractivity contribution in [1.29, 1.82) is 0 Å². The molecular weight excluding hydrogens is 276 g/mol. The predicted octanol–water partition coefficient (Wildman–Crippen LogP) is 0.570. The zero-order valence-electron chi connectivity index (χ0n) is 11.1. The highest BCUT2D eigenvalue weighted by Gasteiger charge is 2.39. The van der Waals surface area contributed by atoms with E-state index in [1.54, 1.807) is 7.05 Å². The van der Waals surface area contributed by atoms with E-state index in [4.69, 9.17) is 5.73 Å². The Morgan fingerprint density at radius 3 is 2.44 bits per heavy atom. The van der Waals surface area contributed by atoms with Crippen molar-refractivity contribution >= 4 is 28.2 Å². The van der Waals surface area contributed by atoms with Crippen LogP contribution in [0.3, 0.4) is 0 Å². The van der Waals surface area contributed by atoms with E-state index in [2.05, 4.69) is 0 Å². The lowest BCUT2D eigenvalue weighted by Gasteiger charge is -2.30. The standard InChI is InChI=1S/C11H22N2O3S.ClH/c1-4-8(12)11(14)13(2)9-6-5-7-10(9)17(3,15)16;/h8-10H,4-7,12H2,1-3H3;1H/t8-,9?,10?;/m0./s1. The zero-order chi connectivity index (χ0) is 13.2. The molecule has 0 aromatic rings. The van der Waals surface area contributed by atoms with Gasteiger partial charge in [-0.2, -0.15) is 0 Å². The third kappa shape index (κ3) is 3.83. The van der Waals surface area contributed by atoms with Gasteiger partial charge in [0.2, 0.25) is 5.91 Å². The van der Waals surface area contributed by atoms with Crippen molar-refractivity contribution in [1.82, 2.24) is 4.90 Å². The molecule has 0 aromatic heterocycles. The van der Waals surface area contributed by atoms with Crippen LogP contribution in [0.2, 0.25) is 0 Å². The summed E-state index contributed by atoms with van der Waals surface area (Å²) in [6.45, 7) is 1.85. The van der Waals surface area contributed by atoms with E-state index < -0.39 is 21.1 Å². The minimum absolute atomic E-state index is 0. The lowest BCUT2D eigenvalue weighted by Crippen LogP contribution is -2.50. The molecule has 2 unspecified atom stereocenters. The molecule has 108 valence electrons. The Morgan fingerprint density at radius 2 is 2.00 bits per heavy atom. The van der Waals surface area contributed by atoms with Crippen molar-refractivity contribution in [3.8, 4) is 0 Å². The normalized spacial score (nSPS) is 25.3. The fourth-order valence-electron chi connectivity index (χ4n) is 2.45. The van der Waals surface area contributed by atoms with Crippen molar-refractivity contribution in [2.45, 2.75) is 49.9 Å². The number of sulfone groups is 1. The number of hydrogen-bond donors (Lipinski definition) is 1. The van der Waals surface area contributed by atoms with Crippen LogP contribution in [0.15, 0.2) is 0 Å². The Balaban J connectivity index is 0.00000289. The van der Waals surface area contributed by atoms with Crippen LogP contribution in [0.4, 0.5) is 0 Å². The molecule has 3 atom stereocenters. The predicted molar refractivity (Wildman–Crippen MR) is 74.6 cm³/mol. The van der Waals surface area contributed by atoms with Crippen molar-refractivity contribution in [2.24, 2.45) is 5.73 Å². The molecule has 0 bridgehead atoms. The van der Waals surface area contributed by atoms with E-state index in [-0.39, 0.29) is 24.4 Å². The summed E-state index contributed by atoms with van der Waals surface area (Å²) in [5.41, 5.74) is 5.70. The number of halogens is 1.